The third kappa shape index (κ3) is 4.08. The van der Waals surface area contributed by atoms with E-state index in [1.807, 2.05) is 5.38 Å². The molecule has 0 aliphatic rings. The lowest BCUT2D eigenvalue weighted by Gasteiger charge is -2.24. The highest BCUT2D eigenvalue weighted by molar-refractivity contribution is 7.12. The van der Waals surface area contributed by atoms with Crippen LogP contribution in [0.1, 0.15) is 29.9 Å². The first kappa shape index (κ1) is 13.5. The van der Waals surface area contributed by atoms with Gasteiger partial charge in [-0.05, 0) is 12.0 Å². The molecule has 92 valence electrons. The van der Waals surface area contributed by atoms with Crippen molar-refractivity contribution in [3.05, 3.63) is 16.3 Å². The Morgan fingerprint density at radius 2 is 2.35 bits per heavy atom. The second-order valence-corrected chi connectivity index (χ2v) is 5.13. The number of nitriles is 1. The summed E-state index contributed by atoms with van der Waals surface area (Å²) in [5.74, 6) is -0.423. The van der Waals surface area contributed by atoms with Gasteiger partial charge in [0.1, 0.15) is 4.88 Å². The molecule has 1 aromatic heterocycles. The quantitative estimate of drug-likeness (QED) is 0.845. The predicted molar refractivity (Wildman–Crippen MR) is 68.6 cm³/mol. The van der Waals surface area contributed by atoms with Crippen molar-refractivity contribution in [3.8, 4) is 6.07 Å². The average molecular weight is 252 g/mol. The first-order valence-corrected chi connectivity index (χ1v) is 6.36. The van der Waals surface area contributed by atoms with E-state index in [0.717, 1.165) is 12.2 Å². The number of nitrogens with zero attached hydrogens (tertiary/aromatic N) is 2. The molecule has 1 heterocycles. The van der Waals surface area contributed by atoms with E-state index in [0.29, 0.717) is 23.8 Å². The summed E-state index contributed by atoms with van der Waals surface area (Å²) in [6, 6.07) is 3.79. The Kier molecular flexibility index (Phi) is 4.98. The van der Waals surface area contributed by atoms with Crippen LogP contribution in [0, 0.1) is 17.2 Å². The maximum absolute atomic E-state index is 10.8. The van der Waals surface area contributed by atoms with E-state index >= 15 is 0 Å². The fourth-order valence-corrected chi connectivity index (χ4v) is 2.31. The molecule has 0 amide bonds. The van der Waals surface area contributed by atoms with Gasteiger partial charge in [-0.3, -0.25) is 0 Å². The van der Waals surface area contributed by atoms with Crippen LogP contribution < -0.4 is 4.90 Å². The number of aromatic carboxylic acids is 1. The summed E-state index contributed by atoms with van der Waals surface area (Å²) >= 11 is 1.22. The number of hydrogen-bond donors (Lipinski definition) is 1. The summed E-state index contributed by atoms with van der Waals surface area (Å²) in [6.07, 6.45) is 0.449. The van der Waals surface area contributed by atoms with Crippen LogP contribution in [-0.2, 0) is 0 Å². The maximum Gasteiger partial charge on any atom is 0.345 e. The SMILES string of the molecule is CC(C)CN(CCC#N)c1csc(C(=O)O)c1. The van der Waals surface area contributed by atoms with Crippen molar-refractivity contribution in [2.75, 3.05) is 18.0 Å². The Morgan fingerprint density at radius 3 is 2.82 bits per heavy atom. The molecule has 0 aliphatic heterocycles. The lowest BCUT2D eigenvalue weighted by molar-refractivity contribution is 0.0702. The molecule has 0 aliphatic carbocycles. The number of anilines is 1. The van der Waals surface area contributed by atoms with Crippen LogP contribution in [0.15, 0.2) is 11.4 Å². The van der Waals surface area contributed by atoms with Crippen molar-refractivity contribution in [1.29, 1.82) is 5.26 Å². The molecule has 0 bridgehead atoms. The number of carboxylic acids is 1. The fourth-order valence-electron chi connectivity index (χ4n) is 1.56. The molecule has 0 spiro atoms. The minimum absolute atomic E-state index is 0.339. The van der Waals surface area contributed by atoms with Crippen LogP contribution in [0.3, 0.4) is 0 Å². The van der Waals surface area contributed by atoms with Gasteiger partial charge in [0, 0.05) is 24.2 Å². The van der Waals surface area contributed by atoms with Crippen molar-refractivity contribution in [3.63, 3.8) is 0 Å². The van der Waals surface area contributed by atoms with Crippen LogP contribution in [-0.4, -0.2) is 24.2 Å². The molecule has 1 N–H and O–H groups in total. The third-order valence-electron chi connectivity index (χ3n) is 2.24. The van der Waals surface area contributed by atoms with Crippen molar-refractivity contribution in [2.45, 2.75) is 20.3 Å². The summed E-state index contributed by atoms with van der Waals surface area (Å²) in [5.41, 5.74) is 0.899. The molecule has 0 unspecified atom stereocenters. The number of thiophene rings is 1. The molecule has 1 rings (SSSR count). The van der Waals surface area contributed by atoms with Crippen LogP contribution in [0.5, 0.6) is 0 Å². The van der Waals surface area contributed by atoms with Gasteiger partial charge in [-0.1, -0.05) is 13.8 Å². The normalized spacial score (nSPS) is 10.2. The molecule has 0 saturated carbocycles. The Hall–Kier alpha value is -1.54. The van der Waals surface area contributed by atoms with Crippen LogP contribution in [0.2, 0.25) is 0 Å². The van der Waals surface area contributed by atoms with E-state index in [4.69, 9.17) is 10.4 Å². The highest BCUT2D eigenvalue weighted by Crippen LogP contribution is 2.24. The molecule has 17 heavy (non-hydrogen) atoms. The van der Waals surface area contributed by atoms with E-state index in [2.05, 4.69) is 24.8 Å². The molecule has 4 nitrogen and oxygen atoms in total. The first-order valence-electron chi connectivity index (χ1n) is 5.48. The summed E-state index contributed by atoms with van der Waals surface area (Å²) in [6.45, 7) is 5.68. The molecule has 0 fully saturated rings. The molecule has 0 radical (unpaired) electrons. The van der Waals surface area contributed by atoms with E-state index in [1.165, 1.54) is 11.3 Å². The summed E-state index contributed by atoms with van der Waals surface area (Å²) in [5, 5.41) is 19.3. The molecular weight excluding hydrogens is 236 g/mol. The number of rotatable bonds is 6. The van der Waals surface area contributed by atoms with Gasteiger partial charge in [0.2, 0.25) is 0 Å². The van der Waals surface area contributed by atoms with Crippen molar-refractivity contribution in [1.82, 2.24) is 0 Å². The van der Waals surface area contributed by atoms with Crippen LogP contribution in [0.25, 0.3) is 0 Å². The number of carboxylic acid groups (broad SMARTS) is 1. The average Bonchev–Trinajstić information content (AvgIpc) is 2.72. The van der Waals surface area contributed by atoms with Gasteiger partial charge in [-0.15, -0.1) is 11.3 Å². The highest BCUT2D eigenvalue weighted by Gasteiger charge is 2.13. The minimum atomic E-state index is -0.897. The monoisotopic (exact) mass is 252 g/mol. The van der Waals surface area contributed by atoms with E-state index in [-0.39, 0.29) is 0 Å². The van der Waals surface area contributed by atoms with E-state index in [9.17, 15) is 4.79 Å². The second-order valence-electron chi connectivity index (χ2n) is 4.22. The number of carbonyl (C=O) groups is 1. The van der Waals surface area contributed by atoms with Gasteiger partial charge in [0.05, 0.1) is 12.5 Å². The molecule has 0 saturated heterocycles. The lowest BCUT2D eigenvalue weighted by atomic mass is 10.2. The zero-order valence-electron chi connectivity index (χ0n) is 10.0. The van der Waals surface area contributed by atoms with Gasteiger partial charge < -0.3 is 10.0 Å². The first-order chi connectivity index (χ1) is 8.04. The zero-order valence-corrected chi connectivity index (χ0v) is 10.8. The predicted octanol–water partition coefficient (Wildman–Crippen LogP) is 2.82. The second kappa shape index (κ2) is 6.26. The Morgan fingerprint density at radius 1 is 1.65 bits per heavy atom. The maximum atomic E-state index is 10.8. The van der Waals surface area contributed by atoms with E-state index in [1.54, 1.807) is 6.07 Å². The van der Waals surface area contributed by atoms with Gasteiger partial charge >= 0.3 is 5.97 Å². The van der Waals surface area contributed by atoms with Crippen LogP contribution in [0.4, 0.5) is 5.69 Å². The Labute approximate surface area is 105 Å². The van der Waals surface area contributed by atoms with E-state index < -0.39 is 5.97 Å². The third-order valence-corrected chi connectivity index (χ3v) is 3.15. The van der Waals surface area contributed by atoms with Gasteiger partial charge in [-0.2, -0.15) is 5.26 Å². The lowest BCUT2D eigenvalue weighted by Crippen LogP contribution is -2.28. The largest absolute Gasteiger partial charge is 0.477 e. The molecule has 5 heteroatoms. The summed E-state index contributed by atoms with van der Waals surface area (Å²) in [4.78, 5) is 13.2. The summed E-state index contributed by atoms with van der Waals surface area (Å²) < 4.78 is 0. The smallest absolute Gasteiger partial charge is 0.345 e. The Bertz CT molecular complexity index is 420. The van der Waals surface area contributed by atoms with Crippen LogP contribution >= 0.6 is 11.3 Å². The zero-order chi connectivity index (χ0) is 12.8. The van der Waals surface area contributed by atoms with Gasteiger partial charge in [0.15, 0.2) is 0 Å². The van der Waals surface area contributed by atoms with Gasteiger partial charge in [0.25, 0.3) is 0 Å². The highest BCUT2D eigenvalue weighted by atomic mass is 32.1. The molecule has 0 atom stereocenters. The Balaban J connectivity index is 2.80. The molecule has 1 aromatic rings. The standard InChI is InChI=1S/C12H16N2O2S/c1-9(2)7-14(5-3-4-13)10-6-11(12(15)16)17-8-10/h6,8-9H,3,5,7H2,1-2H3,(H,15,16). The van der Waals surface area contributed by atoms with Crippen molar-refractivity contribution >= 4 is 23.0 Å². The topological polar surface area (TPSA) is 64.3 Å². The molecular formula is C12H16N2O2S. The molecule has 0 aromatic carbocycles. The fraction of sp³-hybridized carbons (Fsp3) is 0.500. The van der Waals surface area contributed by atoms with Gasteiger partial charge in [-0.25, -0.2) is 4.79 Å². The van der Waals surface area contributed by atoms with Crippen molar-refractivity contribution < 1.29 is 9.90 Å². The summed E-state index contributed by atoms with van der Waals surface area (Å²) in [7, 11) is 0. The number of hydrogen-bond acceptors (Lipinski definition) is 4. The minimum Gasteiger partial charge on any atom is -0.477 e. The van der Waals surface area contributed by atoms with Crippen molar-refractivity contribution in [2.24, 2.45) is 5.92 Å².